The monoisotopic (exact) mass is 548 g/mol. The van der Waals surface area contributed by atoms with Crippen molar-refractivity contribution in [3.8, 4) is 5.88 Å². The Hall–Kier alpha value is -1.13. The maximum absolute atomic E-state index is 5.95. The predicted molar refractivity (Wildman–Crippen MR) is 136 cm³/mol. The van der Waals surface area contributed by atoms with Crippen LogP contribution in [0.4, 0.5) is 0 Å². The maximum atomic E-state index is 5.95. The lowest BCUT2D eigenvalue weighted by Gasteiger charge is -2.16. The third-order valence-electron chi connectivity index (χ3n) is 4.82. The van der Waals surface area contributed by atoms with E-state index in [2.05, 4.69) is 48.3 Å². The van der Waals surface area contributed by atoms with Crippen LogP contribution in [0.3, 0.4) is 0 Å². The van der Waals surface area contributed by atoms with Crippen LogP contribution >= 0.6 is 24.0 Å². The first-order valence-electron chi connectivity index (χ1n) is 11.4. The van der Waals surface area contributed by atoms with Crippen molar-refractivity contribution in [3.05, 3.63) is 23.9 Å². The average Bonchev–Trinajstić information content (AvgIpc) is 3.21. The normalized spacial score (nSPS) is 17.3. The standard InChI is InChI=1S/C23H40N4O3.HI/c1-5-24-23(26-9-6-11-28-16-21-8-12-29-17-21)27-15-20-7-10-25-22(14-20)30-19(4)13-18(2)3;/h7,10,14,18-19,21H,5-6,8-9,11-13,15-17H2,1-4H3,(H2,24,26,27);1H. The number of aromatic nitrogens is 1. The van der Waals surface area contributed by atoms with E-state index in [0.717, 1.165) is 70.3 Å². The number of ether oxygens (including phenoxy) is 3. The van der Waals surface area contributed by atoms with E-state index in [-0.39, 0.29) is 30.1 Å². The summed E-state index contributed by atoms with van der Waals surface area (Å²) in [5, 5.41) is 6.67. The van der Waals surface area contributed by atoms with Crippen LogP contribution in [-0.4, -0.2) is 56.6 Å². The Labute approximate surface area is 205 Å². The van der Waals surface area contributed by atoms with Gasteiger partial charge in [0, 0.05) is 44.5 Å². The van der Waals surface area contributed by atoms with Crippen molar-refractivity contribution in [1.29, 1.82) is 0 Å². The summed E-state index contributed by atoms with van der Waals surface area (Å²) in [6, 6.07) is 3.96. The summed E-state index contributed by atoms with van der Waals surface area (Å²) in [4.78, 5) is 9.02. The smallest absolute Gasteiger partial charge is 0.213 e. The molecule has 0 aliphatic carbocycles. The van der Waals surface area contributed by atoms with Gasteiger partial charge in [-0.3, -0.25) is 0 Å². The molecule has 1 saturated heterocycles. The third kappa shape index (κ3) is 12.5. The van der Waals surface area contributed by atoms with Gasteiger partial charge in [0.05, 0.1) is 25.9 Å². The van der Waals surface area contributed by atoms with Crippen molar-refractivity contribution in [2.75, 3.05) is 39.5 Å². The summed E-state index contributed by atoms with van der Waals surface area (Å²) in [6.07, 6.45) is 5.01. The molecule has 2 atom stereocenters. The third-order valence-corrected chi connectivity index (χ3v) is 4.82. The molecule has 1 aromatic heterocycles. The molecule has 8 heteroatoms. The molecular formula is C23H41IN4O3. The highest BCUT2D eigenvalue weighted by Crippen LogP contribution is 2.15. The molecule has 2 N–H and O–H groups in total. The van der Waals surface area contributed by atoms with E-state index in [4.69, 9.17) is 14.2 Å². The minimum absolute atomic E-state index is 0. The Morgan fingerprint density at radius 1 is 1.32 bits per heavy atom. The van der Waals surface area contributed by atoms with Crippen LogP contribution in [-0.2, 0) is 16.0 Å². The molecule has 178 valence electrons. The molecule has 0 radical (unpaired) electrons. The van der Waals surface area contributed by atoms with E-state index < -0.39 is 0 Å². The highest BCUT2D eigenvalue weighted by Gasteiger charge is 2.15. The Morgan fingerprint density at radius 2 is 2.16 bits per heavy atom. The van der Waals surface area contributed by atoms with Gasteiger partial charge in [-0.1, -0.05) is 13.8 Å². The van der Waals surface area contributed by atoms with E-state index in [9.17, 15) is 0 Å². The second kappa shape index (κ2) is 16.5. The lowest BCUT2D eigenvalue weighted by molar-refractivity contribution is 0.0888. The first-order valence-corrected chi connectivity index (χ1v) is 11.4. The van der Waals surface area contributed by atoms with Gasteiger partial charge in [-0.2, -0.15) is 0 Å². The minimum atomic E-state index is 0. The van der Waals surface area contributed by atoms with Gasteiger partial charge in [-0.15, -0.1) is 24.0 Å². The fraction of sp³-hybridized carbons (Fsp3) is 0.739. The number of pyridine rings is 1. The number of rotatable bonds is 13. The van der Waals surface area contributed by atoms with Crippen LogP contribution in [0.1, 0.15) is 52.5 Å². The van der Waals surface area contributed by atoms with Crippen molar-refractivity contribution in [1.82, 2.24) is 15.6 Å². The average molecular weight is 549 g/mol. The van der Waals surface area contributed by atoms with E-state index in [0.29, 0.717) is 24.3 Å². The van der Waals surface area contributed by atoms with Crippen molar-refractivity contribution in [2.24, 2.45) is 16.8 Å². The number of nitrogens with one attached hydrogen (secondary N) is 2. The maximum Gasteiger partial charge on any atom is 0.213 e. The van der Waals surface area contributed by atoms with Crippen LogP contribution < -0.4 is 15.4 Å². The molecule has 0 spiro atoms. The van der Waals surface area contributed by atoms with Crippen LogP contribution in [0, 0.1) is 11.8 Å². The Balaban J connectivity index is 0.00000480. The van der Waals surface area contributed by atoms with Crippen molar-refractivity contribution < 1.29 is 14.2 Å². The van der Waals surface area contributed by atoms with E-state index in [1.807, 2.05) is 12.1 Å². The Morgan fingerprint density at radius 3 is 2.87 bits per heavy atom. The fourth-order valence-corrected chi connectivity index (χ4v) is 3.39. The van der Waals surface area contributed by atoms with Gasteiger partial charge < -0.3 is 24.8 Å². The molecule has 1 aliphatic heterocycles. The zero-order valence-electron chi connectivity index (χ0n) is 19.6. The number of hydrogen-bond acceptors (Lipinski definition) is 5. The van der Waals surface area contributed by atoms with Crippen LogP contribution in [0.15, 0.2) is 23.3 Å². The zero-order valence-corrected chi connectivity index (χ0v) is 21.9. The number of aliphatic imine (C=N–C) groups is 1. The summed E-state index contributed by atoms with van der Waals surface area (Å²) in [5.74, 6) is 2.65. The summed E-state index contributed by atoms with van der Waals surface area (Å²) >= 11 is 0. The quantitative estimate of drug-likeness (QED) is 0.168. The second-order valence-electron chi connectivity index (χ2n) is 8.34. The molecule has 0 bridgehead atoms. The van der Waals surface area contributed by atoms with Gasteiger partial charge in [0.2, 0.25) is 5.88 Å². The fourth-order valence-electron chi connectivity index (χ4n) is 3.39. The molecular weight excluding hydrogens is 507 g/mol. The zero-order chi connectivity index (χ0) is 21.6. The summed E-state index contributed by atoms with van der Waals surface area (Å²) < 4.78 is 17.1. The Kier molecular flexibility index (Phi) is 14.8. The summed E-state index contributed by atoms with van der Waals surface area (Å²) in [7, 11) is 0. The first kappa shape index (κ1) is 27.9. The highest BCUT2D eigenvalue weighted by atomic mass is 127. The molecule has 1 aliphatic rings. The lowest BCUT2D eigenvalue weighted by Crippen LogP contribution is -2.38. The van der Waals surface area contributed by atoms with Crippen molar-refractivity contribution in [3.63, 3.8) is 0 Å². The van der Waals surface area contributed by atoms with Gasteiger partial charge in [-0.25, -0.2) is 9.98 Å². The Bertz CT molecular complexity index is 625. The van der Waals surface area contributed by atoms with Crippen molar-refractivity contribution in [2.45, 2.75) is 59.6 Å². The van der Waals surface area contributed by atoms with E-state index in [1.165, 1.54) is 0 Å². The first-order chi connectivity index (χ1) is 14.6. The van der Waals surface area contributed by atoms with E-state index >= 15 is 0 Å². The molecule has 0 saturated carbocycles. The largest absolute Gasteiger partial charge is 0.475 e. The second-order valence-corrected chi connectivity index (χ2v) is 8.34. The topological polar surface area (TPSA) is 77.0 Å². The molecule has 1 aromatic rings. The molecule has 2 rings (SSSR count). The van der Waals surface area contributed by atoms with Gasteiger partial charge in [-0.05, 0) is 50.7 Å². The SMILES string of the molecule is CCNC(=NCc1ccnc(OC(C)CC(C)C)c1)NCCCOCC1CCOC1.I. The van der Waals surface area contributed by atoms with E-state index in [1.54, 1.807) is 6.20 Å². The minimum Gasteiger partial charge on any atom is -0.475 e. The molecule has 0 amide bonds. The van der Waals surface area contributed by atoms with Crippen LogP contribution in [0.5, 0.6) is 5.88 Å². The molecule has 2 heterocycles. The summed E-state index contributed by atoms with van der Waals surface area (Å²) in [5.41, 5.74) is 1.08. The van der Waals surface area contributed by atoms with Gasteiger partial charge in [0.15, 0.2) is 5.96 Å². The molecule has 31 heavy (non-hydrogen) atoms. The molecule has 2 unspecified atom stereocenters. The van der Waals surface area contributed by atoms with Crippen LogP contribution in [0.25, 0.3) is 0 Å². The number of hydrogen-bond donors (Lipinski definition) is 2. The lowest BCUT2D eigenvalue weighted by atomic mass is 10.1. The van der Waals surface area contributed by atoms with Gasteiger partial charge >= 0.3 is 0 Å². The number of nitrogens with zero attached hydrogens (tertiary/aromatic N) is 2. The number of halogens is 1. The predicted octanol–water partition coefficient (Wildman–Crippen LogP) is 4.01. The molecule has 1 fully saturated rings. The van der Waals surface area contributed by atoms with Crippen LogP contribution in [0.2, 0.25) is 0 Å². The molecule has 7 nitrogen and oxygen atoms in total. The van der Waals surface area contributed by atoms with Crippen molar-refractivity contribution >= 4 is 29.9 Å². The van der Waals surface area contributed by atoms with Gasteiger partial charge in [0.25, 0.3) is 0 Å². The van der Waals surface area contributed by atoms with Gasteiger partial charge in [0.1, 0.15) is 0 Å². The summed E-state index contributed by atoms with van der Waals surface area (Å²) in [6.45, 7) is 14.0. The molecule has 0 aromatic carbocycles. The number of guanidine groups is 1. The highest BCUT2D eigenvalue weighted by molar-refractivity contribution is 14.0.